The predicted octanol–water partition coefficient (Wildman–Crippen LogP) is 1.24. The van der Waals surface area contributed by atoms with Crippen LogP contribution in [-0.2, 0) is 4.79 Å². The van der Waals surface area contributed by atoms with E-state index < -0.39 is 5.91 Å². The van der Waals surface area contributed by atoms with Gasteiger partial charge in [-0.2, -0.15) is 0 Å². The summed E-state index contributed by atoms with van der Waals surface area (Å²) in [6.45, 7) is 2.01. The number of carbonyl (C=O) groups excluding carboxylic acids is 2. The Bertz CT molecular complexity index is 432. The Kier molecular flexibility index (Phi) is 5.32. The maximum absolute atomic E-state index is 11.7. The molecule has 0 bridgehead atoms. The zero-order valence-corrected chi connectivity index (χ0v) is 10.5. The number of benzene rings is 1. The van der Waals surface area contributed by atoms with E-state index in [-0.39, 0.29) is 18.4 Å². The van der Waals surface area contributed by atoms with Crippen molar-refractivity contribution < 1.29 is 9.59 Å². The van der Waals surface area contributed by atoms with E-state index in [1.807, 2.05) is 6.92 Å². The van der Waals surface area contributed by atoms with Crippen molar-refractivity contribution in [3.8, 4) is 0 Å². The quantitative estimate of drug-likeness (QED) is 0.707. The van der Waals surface area contributed by atoms with Crippen molar-refractivity contribution in [3.63, 3.8) is 0 Å². The first-order valence-electron chi connectivity index (χ1n) is 5.98. The molecule has 0 aromatic heterocycles. The lowest BCUT2D eigenvalue weighted by atomic mass is 10.1. The zero-order valence-electron chi connectivity index (χ0n) is 10.5. The lowest BCUT2D eigenvalue weighted by Gasteiger charge is -2.12. The monoisotopic (exact) mass is 249 g/mol. The number of primary amides is 1. The van der Waals surface area contributed by atoms with Crippen LogP contribution in [0.25, 0.3) is 0 Å². The van der Waals surface area contributed by atoms with E-state index in [9.17, 15) is 9.59 Å². The standard InChI is InChI=1S/C13H19N3O2/c1-2-5-9(14)8-12(17)16-11-7-4-3-6-10(11)13(15)18/h3-4,6-7,9H,2,5,8,14H2,1H3,(H2,15,18)(H,16,17). The fourth-order valence-electron chi connectivity index (χ4n) is 1.72. The average molecular weight is 249 g/mol. The minimum atomic E-state index is -0.566. The minimum absolute atomic E-state index is 0.157. The molecule has 2 amide bonds. The second-order valence-corrected chi connectivity index (χ2v) is 4.21. The van der Waals surface area contributed by atoms with Gasteiger partial charge in [0.1, 0.15) is 0 Å². The molecular weight excluding hydrogens is 230 g/mol. The van der Waals surface area contributed by atoms with Crippen LogP contribution in [0.4, 0.5) is 5.69 Å². The fourth-order valence-corrected chi connectivity index (χ4v) is 1.72. The highest BCUT2D eigenvalue weighted by molar-refractivity contribution is 6.03. The van der Waals surface area contributed by atoms with Gasteiger partial charge in [-0.3, -0.25) is 9.59 Å². The average Bonchev–Trinajstić information content (AvgIpc) is 2.29. The Hall–Kier alpha value is -1.88. The van der Waals surface area contributed by atoms with Crippen LogP contribution in [-0.4, -0.2) is 17.9 Å². The van der Waals surface area contributed by atoms with Gasteiger partial charge in [0.25, 0.3) is 5.91 Å². The molecule has 0 saturated carbocycles. The smallest absolute Gasteiger partial charge is 0.250 e. The lowest BCUT2D eigenvalue weighted by molar-refractivity contribution is -0.116. The number of amides is 2. The number of hydrogen-bond donors (Lipinski definition) is 3. The molecule has 0 saturated heterocycles. The number of anilines is 1. The van der Waals surface area contributed by atoms with Crippen LogP contribution < -0.4 is 16.8 Å². The summed E-state index contributed by atoms with van der Waals surface area (Å²) in [7, 11) is 0. The molecule has 5 N–H and O–H groups in total. The second kappa shape index (κ2) is 6.76. The van der Waals surface area contributed by atoms with Crippen LogP contribution in [0, 0.1) is 0 Å². The first-order chi connectivity index (χ1) is 8.54. The molecule has 5 heteroatoms. The van der Waals surface area contributed by atoms with Gasteiger partial charge in [0.05, 0.1) is 11.3 Å². The molecule has 98 valence electrons. The van der Waals surface area contributed by atoms with Crippen molar-refractivity contribution in [2.24, 2.45) is 11.5 Å². The number of nitrogens with two attached hydrogens (primary N) is 2. The van der Waals surface area contributed by atoms with Crippen LogP contribution >= 0.6 is 0 Å². The largest absolute Gasteiger partial charge is 0.366 e. The molecule has 1 atom stereocenters. The molecule has 0 heterocycles. The van der Waals surface area contributed by atoms with Gasteiger partial charge < -0.3 is 16.8 Å². The van der Waals surface area contributed by atoms with Crippen molar-refractivity contribution >= 4 is 17.5 Å². The third kappa shape index (κ3) is 4.18. The van der Waals surface area contributed by atoms with Crippen molar-refractivity contribution in [2.45, 2.75) is 32.2 Å². The summed E-state index contributed by atoms with van der Waals surface area (Å²) < 4.78 is 0. The second-order valence-electron chi connectivity index (χ2n) is 4.21. The minimum Gasteiger partial charge on any atom is -0.366 e. The SMILES string of the molecule is CCCC(N)CC(=O)Nc1ccccc1C(N)=O. The van der Waals surface area contributed by atoms with Gasteiger partial charge in [-0.1, -0.05) is 25.5 Å². The van der Waals surface area contributed by atoms with E-state index in [0.29, 0.717) is 11.3 Å². The third-order valence-electron chi connectivity index (χ3n) is 2.57. The Morgan fingerprint density at radius 3 is 2.61 bits per heavy atom. The lowest BCUT2D eigenvalue weighted by Crippen LogP contribution is -2.27. The maximum atomic E-state index is 11.7. The molecule has 0 aliphatic carbocycles. The molecular formula is C13H19N3O2. The van der Waals surface area contributed by atoms with Crippen molar-refractivity contribution in [1.82, 2.24) is 0 Å². The van der Waals surface area contributed by atoms with Gasteiger partial charge in [-0.05, 0) is 18.6 Å². The molecule has 1 unspecified atom stereocenters. The van der Waals surface area contributed by atoms with Gasteiger partial charge in [0.2, 0.25) is 5.91 Å². The van der Waals surface area contributed by atoms with Crippen molar-refractivity contribution in [1.29, 1.82) is 0 Å². The number of hydrogen-bond acceptors (Lipinski definition) is 3. The Balaban J connectivity index is 2.67. The Labute approximate surface area is 107 Å². The molecule has 0 aliphatic rings. The summed E-state index contributed by atoms with van der Waals surface area (Å²) in [6.07, 6.45) is 1.97. The van der Waals surface area contributed by atoms with Crippen molar-refractivity contribution in [2.75, 3.05) is 5.32 Å². The topological polar surface area (TPSA) is 98.2 Å². The predicted molar refractivity (Wildman–Crippen MR) is 71.1 cm³/mol. The first-order valence-corrected chi connectivity index (χ1v) is 5.98. The van der Waals surface area contributed by atoms with Gasteiger partial charge in [-0.15, -0.1) is 0 Å². The van der Waals surface area contributed by atoms with Gasteiger partial charge in [0, 0.05) is 12.5 Å². The Morgan fingerprint density at radius 1 is 1.33 bits per heavy atom. The molecule has 1 aromatic rings. The summed E-state index contributed by atoms with van der Waals surface area (Å²) >= 11 is 0. The highest BCUT2D eigenvalue weighted by atomic mass is 16.2. The van der Waals surface area contributed by atoms with E-state index in [1.165, 1.54) is 0 Å². The van der Waals surface area contributed by atoms with E-state index >= 15 is 0 Å². The van der Waals surface area contributed by atoms with E-state index in [0.717, 1.165) is 12.8 Å². The van der Waals surface area contributed by atoms with E-state index in [1.54, 1.807) is 24.3 Å². The molecule has 1 aromatic carbocycles. The number of rotatable bonds is 6. The van der Waals surface area contributed by atoms with Crippen LogP contribution in [0.5, 0.6) is 0 Å². The maximum Gasteiger partial charge on any atom is 0.250 e. The molecule has 0 fully saturated rings. The molecule has 0 radical (unpaired) electrons. The fraction of sp³-hybridized carbons (Fsp3) is 0.385. The molecule has 1 rings (SSSR count). The zero-order chi connectivity index (χ0) is 13.5. The van der Waals surface area contributed by atoms with E-state index in [2.05, 4.69) is 5.32 Å². The summed E-state index contributed by atoms with van der Waals surface area (Å²) in [5.74, 6) is -0.770. The summed E-state index contributed by atoms with van der Waals surface area (Å²) in [6, 6.07) is 6.48. The first kappa shape index (κ1) is 14.2. The summed E-state index contributed by atoms with van der Waals surface area (Å²) in [5.41, 5.74) is 11.7. The highest BCUT2D eigenvalue weighted by Gasteiger charge is 2.12. The van der Waals surface area contributed by atoms with Crippen molar-refractivity contribution in [3.05, 3.63) is 29.8 Å². The molecule has 0 spiro atoms. The van der Waals surface area contributed by atoms with E-state index in [4.69, 9.17) is 11.5 Å². The van der Waals surface area contributed by atoms with Gasteiger partial charge in [0.15, 0.2) is 0 Å². The molecule has 5 nitrogen and oxygen atoms in total. The number of para-hydroxylation sites is 1. The summed E-state index contributed by atoms with van der Waals surface area (Å²) in [5, 5.41) is 2.66. The summed E-state index contributed by atoms with van der Waals surface area (Å²) in [4.78, 5) is 22.9. The van der Waals surface area contributed by atoms with Gasteiger partial charge in [-0.25, -0.2) is 0 Å². The molecule has 18 heavy (non-hydrogen) atoms. The highest BCUT2D eigenvalue weighted by Crippen LogP contribution is 2.14. The van der Waals surface area contributed by atoms with Crippen LogP contribution in [0.15, 0.2) is 24.3 Å². The Morgan fingerprint density at radius 2 is 2.00 bits per heavy atom. The number of nitrogens with one attached hydrogen (secondary N) is 1. The van der Waals surface area contributed by atoms with Crippen LogP contribution in [0.1, 0.15) is 36.5 Å². The van der Waals surface area contributed by atoms with Crippen LogP contribution in [0.2, 0.25) is 0 Å². The normalized spacial score (nSPS) is 11.9. The third-order valence-corrected chi connectivity index (χ3v) is 2.57. The molecule has 0 aliphatic heterocycles. The van der Waals surface area contributed by atoms with Gasteiger partial charge >= 0.3 is 0 Å². The number of carbonyl (C=O) groups is 2. The van der Waals surface area contributed by atoms with Crippen LogP contribution in [0.3, 0.4) is 0 Å².